The molecule has 104 valence electrons. The Morgan fingerprint density at radius 3 is 2.80 bits per heavy atom. The molecule has 1 amide bonds. The van der Waals surface area contributed by atoms with Crippen LogP contribution >= 0.6 is 11.6 Å². The molecule has 0 atom stereocenters. The summed E-state index contributed by atoms with van der Waals surface area (Å²) in [6.07, 6.45) is 0. The van der Waals surface area contributed by atoms with Crippen molar-refractivity contribution in [3.8, 4) is 5.75 Å². The average Bonchev–Trinajstić information content (AvgIpc) is 2.45. The summed E-state index contributed by atoms with van der Waals surface area (Å²) in [6.45, 7) is 0.335. The molecule has 0 radical (unpaired) electrons. The monoisotopic (exact) mass is 290 g/mol. The quantitative estimate of drug-likeness (QED) is 0.851. The van der Waals surface area contributed by atoms with Gasteiger partial charge in [0.05, 0.1) is 5.69 Å². The number of nitrogens with one attached hydrogen (secondary N) is 1. The van der Waals surface area contributed by atoms with E-state index in [0.29, 0.717) is 28.6 Å². The summed E-state index contributed by atoms with van der Waals surface area (Å²) in [4.78, 5) is 11.6. The van der Waals surface area contributed by atoms with E-state index < -0.39 is 0 Å². The van der Waals surface area contributed by atoms with Gasteiger partial charge in [0, 0.05) is 17.6 Å². The zero-order valence-electron chi connectivity index (χ0n) is 11.0. The fourth-order valence-electron chi connectivity index (χ4n) is 1.73. The first-order chi connectivity index (χ1) is 9.60. The number of nitrogens with two attached hydrogens (primary N) is 1. The molecule has 0 bridgehead atoms. The highest BCUT2D eigenvalue weighted by molar-refractivity contribution is 6.30. The van der Waals surface area contributed by atoms with Crippen LogP contribution in [0.1, 0.15) is 15.9 Å². The zero-order chi connectivity index (χ0) is 14.5. The third-order valence-corrected chi connectivity index (χ3v) is 3.02. The topological polar surface area (TPSA) is 64.4 Å². The van der Waals surface area contributed by atoms with Crippen LogP contribution in [0.4, 0.5) is 5.69 Å². The summed E-state index contributed by atoms with van der Waals surface area (Å²) in [7, 11) is 1.57. The lowest BCUT2D eigenvalue weighted by atomic mass is 10.1. The zero-order valence-corrected chi connectivity index (χ0v) is 11.8. The summed E-state index contributed by atoms with van der Waals surface area (Å²) < 4.78 is 5.65. The molecule has 2 rings (SSSR count). The molecule has 0 aliphatic heterocycles. The van der Waals surface area contributed by atoms with Crippen molar-refractivity contribution < 1.29 is 9.53 Å². The second kappa shape index (κ2) is 6.30. The molecular formula is C15H15ClN2O2. The Morgan fingerprint density at radius 2 is 2.10 bits per heavy atom. The van der Waals surface area contributed by atoms with Crippen LogP contribution in [0.2, 0.25) is 5.02 Å². The Balaban J connectivity index is 2.14. The molecule has 4 nitrogen and oxygen atoms in total. The number of nitrogen functional groups attached to an aromatic ring is 1. The summed E-state index contributed by atoms with van der Waals surface area (Å²) in [5.74, 6) is 0.295. The number of rotatable bonds is 4. The van der Waals surface area contributed by atoms with E-state index in [-0.39, 0.29) is 5.91 Å². The van der Waals surface area contributed by atoms with Crippen molar-refractivity contribution >= 4 is 23.2 Å². The molecule has 2 aromatic rings. The molecule has 0 heterocycles. The maximum Gasteiger partial charge on any atom is 0.251 e. The highest BCUT2D eigenvalue weighted by Crippen LogP contribution is 2.24. The molecule has 0 fully saturated rings. The molecule has 0 aliphatic carbocycles. The van der Waals surface area contributed by atoms with Crippen molar-refractivity contribution in [1.29, 1.82) is 0 Å². The Hall–Kier alpha value is -2.20. The van der Waals surface area contributed by atoms with E-state index in [9.17, 15) is 4.79 Å². The van der Waals surface area contributed by atoms with E-state index in [1.807, 2.05) is 18.2 Å². The number of hydrogen-bond acceptors (Lipinski definition) is 3. The van der Waals surface area contributed by atoms with Crippen LogP contribution in [-0.4, -0.2) is 13.0 Å². The van der Waals surface area contributed by atoms with E-state index >= 15 is 0 Å². The molecule has 0 spiro atoms. The molecule has 0 aliphatic rings. The maximum atomic E-state index is 11.6. The molecule has 0 unspecified atom stereocenters. The second-order valence-electron chi connectivity index (χ2n) is 4.25. The summed E-state index contributed by atoms with van der Waals surface area (Å²) in [5, 5.41) is 3.21. The van der Waals surface area contributed by atoms with Crippen molar-refractivity contribution in [2.45, 2.75) is 6.61 Å². The van der Waals surface area contributed by atoms with Crippen LogP contribution in [-0.2, 0) is 6.61 Å². The van der Waals surface area contributed by atoms with Crippen LogP contribution < -0.4 is 15.8 Å². The van der Waals surface area contributed by atoms with E-state index in [0.717, 1.165) is 5.56 Å². The summed E-state index contributed by atoms with van der Waals surface area (Å²) >= 11 is 5.91. The van der Waals surface area contributed by atoms with Crippen LogP contribution in [0.25, 0.3) is 0 Å². The van der Waals surface area contributed by atoms with E-state index in [4.69, 9.17) is 22.1 Å². The van der Waals surface area contributed by atoms with Gasteiger partial charge in [0.1, 0.15) is 12.4 Å². The van der Waals surface area contributed by atoms with E-state index in [1.165, 1.54) is 0 Å². The Labute approximate surface area is 122 Å². The number of hydrogen-bond donors (Lipinski definition) is 2. The van der Waals surface area contributed by atoms with Crippen molar-refractivity contribution in [2.75, 3.05) is 12.8 Å². The highest BCUT2D eigenvalue weighted by atomic mass is 35.5. The standard InChI is InChI=1S/C15H15ClN2O2/c1-18-15(19)11-5-6-13(17)14(8-11)20-9-10-3-2-4-12(16)7-10/h2-8H,9,17H2,1H3,(H,18,19). The predicted octanol–water partition coefficient (Wildman–Crippen LogP) is 2.86. The number of amides is 1. The fraction of sp³-hybridized carbons (Fsp3) is 0.133. The smallest absolute Gasteiger partial charge is 0.251 e. The van der Waals surface area contributed by atoms with Gasteiger partial charge in [0.2, 0.25) is 0 Å². The molecule has 20 heavy (non-hydrogen) atoms. The number of carbonyl (C=O) groups excluding carboxylic acids is 1. The number of ether oxygens (including phenoxy) is 1. The van der Waals surface area contributed by atoms with Gasteiger partial charge >= 0.3 is 0 Å². The first kappa shape index (κ1) is 14.2. The minimum atomic E-state index is -0.183. The van der Waals surface area contributed by atoms with Crippen molar-refractivity contribution in [2.24, 2.45) is 0 Å². The van der Waals surface area contributed by atoms with Gasteiger partial charge in [-0.1, -0.05) is 23.7 Å². The fourth-order valence-corrected chi connectivity index (χ4v) is 1.95. The van der Waals surface area contributed by atoms with Crippen molar-refractivity contribution in [3.63, 3.8) is 0 Å². The molecular weight excluding hydrogens is 276 g/mol. The Morgan fingerprint density at radius 1 is 1.30 bits per heavy atom. The lowest BCUT2D eigenvalue weighted by molar-refractivity contribution is 0.0962. The first-order valence-electron chi connectivity index (χ1n) is 6.09. The Kier molecular flexibility index (Phi) is 4.48. The number of benzene rings is 2. The van der Waals surface area contributed by atoms with Gasteiger partial charge < -0.3 is 15.8 Å². The van der Waals surface area contributed by atoms with Gasteiger partial charge in [0.25, 0.3) is 5.91 Å². The maximum absolute atomic E-state index is 11.6. The minimum absolute atomic E-state index is 0.183. The van der Waals surface area contributed by atoms with Crippen LogP contribution in [0.3, 0.4) is 0 Å². The van der Waals surface area contributed by atoms with E-state index in [2.05, 4.69) is 5.32 Å². The first-order valence-corrected chi connectivity index (χ1v) is 6.47. The molecule has 3 N–H and O–H groups in total. The summed E-state index contributed by atoms with van der Waals surface area (Å²) in [6, 6.07) is 12.3. The van der Waals surface area contributed by atoms with Gasteiger partial charge in [-0.3, -0.25) is 4.79 Å². The molecule has 2 aromatic carbocycles. The molecule has 5 heteroatoms. The molecule has 0 aromatic heterocycles. The third-order valence-electron chi connectivity index (χ3n) is 2.79. The van der Waals surface area contributed by atoms with Gasteiger partial charge in [-0.2, -0.15) is 0 Å². The highest BCUT2D eigenvalue weighted by Gasteiger charge is 2.08. The van der Waals surface area contributed by atoms with Crippen LogP contribution in [0.5, 0.6) is 5.75 Å². The molecule has 0 saturated heterocycles. The van der Waals surface area contributed by atoms with Gasteiger partial charge in [-0.25, -0.2) is 0 Å². The van der Waals surface area contributed by atoms with Gasteiger partial charge in [-0.15, -0.1) is 0 Å². The SMILES string of the molecule is CNC(=O)c1ccc(N)c(OCc2cccc(Cl)c2)c1. The molecule has 0 saturated carbocycles. The lowest BCUT2D eigenvalue weighted by Gasteiger charge is -2.10. The van der Waals surface area contributed by atoms with Gasteiger partial charge in [0.15, 0.2) is 0 Å². The predicted molar refractivity (Wildman–Crippen MR) is 80.0 cm³/mol. The van der Waals surface area contributed by atoms with Gasteiger partial charge in [-0.05, 0) is 35.9 Å². The normalized spacial score (nSPS) is 10.1. The lowest BCUT2D eigenvalue weighted by Crippen LogP contribution is -2.17. The van der Waals surface area contributed by atoms with Crippen LogP contribution in [0, 0.1) is 0 Å². The minimum Gasteiger partial charge on any atom is -0.487 e. The number of anilines is 1. The number of carbonyl (C=O) groups is 1. The van der Waals surface area contributed by atoms with Crippen LogP contribution in [0.15, 0.2) is 42.5 Å². The summed E-state index contributed by atoms with van der Waals surface area (Å²) in [5.41, 5.74) is 7.76. The van der Waals surface area contributed by atoms with Crippen molar-refractivity contribution in [3.05, 3.63) is 58.6 Å². The third kappa shape index (κ3) is 3.42. The van der Waals surface area contributed by atoms with E-state index in [1.54, 1.807) is 31.3 Å². The number of halogens is 1. The Bertz CT molecular complexity index is 629. The average molecular weight is 291 g/mol. The van der Waals surface area contributed by atoms with Crippen molar-refractivity contribution in [1.82, 2.24) is 5.32 Å². The largest absolute Gasteiger partial charge is 0.487 e. The second-order valence-corrected chi connectivity index (χ2v) is 4.69.